The molecule has 1 heterocycles. The lowest BCUT2D eigenvalue weighted by atomic mass is 9.63. The zero-order valence-electron chi connectivity index (χ0n) is 10.9. The Morgan fingerprint density at radius 1 is 1.29 bits per heavy atom. The molecule has 0 spiro atoms. The van der Waals surface area contributed by atoms with Gasteiger partial charge >= 0.3 is 12.1 Å². The molecule has 1 fully saturated rings. The molecule has 1 rings (SSSR count). The number of piperidine rings is 1. The van der Waals surface area contributed by atoms with Gasteiger partial charge in [-0.15, -0.1) is 0 Å². The van der Waals surface area contributed by atoms with E-state index in [9.17, 15) is 9.59 Å². The van der Waals surface area contributed by atoms with Crippen LogP contribution in [0.5, 0.6) is 0 Å². The van der Waals surface area contributed by atoms with Crippen LogP contribution in [0.25, 0.3) is 0 Å². The van der Waals surface area contributed by atoms with E-state index in [0.717, 1.165) is 0 Å². The number of likely N-dealkylation sites (tertiary alicyclic amines) is 1. The summed E-state index contributed by atoms with van der Waals surface area (Å²) in [5.41, 5.74) is -0.509. The summed E-state index contributed by atoms with van der Waals surface area (Å²) < 4.78 is 5.25. The maximum atomic E-state index is 11.8. The highest BCUT2D eigenvalue weighted by Gasteiger charge is 2.38. The van der Waals surface area contributed by atoms with E-state index >= 15 is 0 Å². The van der Waals surface area contributed by atoms with Crippen LogP contribution in [0.3, 0.4) is 0 Å². The fourth-order valence-corrected chi connectivity index (χ4v) is 1.72. The van der Waals surface area contributed by atoms with Gasteiger partial charge in [0.25, 0.3) is 0 Å². The molecule has 0 aliphatic carbocycles. The van der Waals surface area contributed by atoms with Crippen molar-refractivity contribution in [2.75, 3.05) is 13.1 Å². The van der Waals surface area contributed by atoms with Crippen molar-refractivity contribution in [1.29, 1.82) is 0 Å². The molecule has 0 bridgehead atoms. The zero-order chi connectivity index (χ0) is 13.3. The van der Waals surface area contributed by atoms with Crippen LogP contribution in [0.2, 0.25) is 5.31 Å². The van der Waals surface area contributed by atoms with Crippen LogP contribution < -0.4 is 0 Å². The second-order valence-electron chi connectivity index (χ2n) is 5.83. The van der Waals surface area contributed by atoms with Crippen molar-refractivity contribution in [3.8, 4) is 0 Å². The first-order valence-electron chi connectivity index (χ1n) is 5.85. The number of aliphatic carboxylic acids is 1. The second kappa shape index (κ2) is 4.59. The molecule has 1 aliphatic heterocycles. The van der Waals surface area contributed by atoms with E-state index < -0.39 is 16.9 Å². The minimum atomic E-state index is -0.790. The molecule has 0 aromatic carbocycles. The largest absolute Gasteiger partial charge is 0.481 e. The monoisotopic (exact) mass is 241 g/mol. The van der Waals surface area contributed by atoms with E-state index in [4.69, 9.17) is 9.84 Å². The summed E-state index contributed by atoms with van der Waals surface area (Å²) in [7, 11) is 1.72. The highest BCUT2D eigenvalue weighted by atomic mass is 16.6. The van der Waals surface area contributed by atoms with Crippen molar-refractivity contribution < 1.29 is 19.4 Å². The Bertz CT molecular complexity index is 316. The molecule has 0 aromatic heterocycles. The third-order valence-electron chi connectivity index (χ3n) is 3.04. The number of ether oxygens (including phenoxy) is 1. The summed E-state index contributed by atoms with van der Waals surface area (Å²) in [4.78, 5) is 24.4. The Hall–Kier alpha value is -1.20. The van der Waals surface area contributed by atoms with Crippen molar-refractivity contribution in [2.24, 2.45) is 0 Å². The van der Waals surface area contributed by atoms with Crippen LogP contribution in [-0.2, 0) is 9.53 Å². The average molecular weight is 241 g/mol. The Labute approximate surface area is 103 Å². The number of carbonyl (C=O) groups excluding carboxylic acids is 1. The molecule has 1 amide bonds. The molecule has 0 aromatic rings. The first-order chi connectivity index (χ1) is 7.64. The maximum absolute atomic E-state index is 11.8. The third kappa shape index (κ3) is 3.65. The van der Waals surface area contributed by atoms with E-state index in [1.54, 1.807) is 12.7 Å². The molecule has 1 N–H and O–H groups in total. The van der Waals surface area contributed by atoms with Gasteiger partial charge in [0.15, 0.2) is 0 Å². The summed E-state index contributed by atoms with van der Waals surface area (Å²) in [5, 5.41) is 8.36. The summed E-state index contributed by atoms with van der Waals surface area (Å²) >= 11 is 0. The first-order valence-corrected chi connectivity index (χ1v) is 5.85. The zero-order valence-corrected chi connectivity index (χ0v) is 10.9. The number of rotatable bonds is 1. The van der Waals surface area contributed by atoms with E-state index in [1.165, 1.54) is 0 Å². The fraction of sp³-hybridized carbons (Fsp3) is 0.818. The summed E-state index contributed by atoms with van der Waals surface area (Å²) in [6, 6.07) is 0. The molecular weight excluding hydrogens is 221 g/mol. The number of carboxylic acids is 1. The van der Waals surface area contributed by atoms with Crippen LogP contribution in [-0.4, -0.2) is 48.6 Å². The maximum Gasteiger partial charge on any atom is 0.410 e. The standard InChI is InChI=1S/C11H20BNO4/c1-10(2,3)17-9(16)13-6-4-11(12,5-7-13)8(14)15/h4-7,12H2,1-3H3,(H,14,15). The number of amides is 1. The highest BCUT2D eigenvalue weighted by Crippen LogP contribution is 2.35. The van der Waals surface area contributed by atoms with Gasteiger partial charge in [-0.2, -0.15) is 0 Å². The van der Waals surface area contributed by atoms with Gasteiger partial charge in [0.1, 0.15) is 13.4 Å². The second-order valence-corrected chi connectivity index (χ2v) is 5.83. The van der Waals surface area contributed by atoms with Gasteiger partial charge in [0, 0.05) is 18.4 Å². The molecule has 17 heavy (non-hydrogen) atoms. The molecule has 5 nitrogen and oxygen atoms in total. The Morgan fingerprint density at radius 3 is 2.12 bits per heavy atom. The van der Waals surface area contributed by atoms with Crippen LogP contribution in [0.1, 0.15) is 33.6 Å². The van der Waals surface area contributed by atoms with E-state index in [0.29, 0.717) is 25.9 Å². The molecule has 1 aliphatic rings. The molecule has 0 radical (unpaired) electrons. The minimum absolute atomic E-state index is 0.357. The summed E-state index contributed by atoms with van der Waals surface area (Å²) in [5.74, 6) is -0.790. The predicted molar refractivity (Wildman–Crippen MR) is 65.9 cm³/mol. The normalized spacial score (nSPS) is 19.8. The van der Waals surface area contributed by atoms with Gasteiger partial charge < -0.3 is 14.7 Å². The van der Waals surface area contributed by atoms with Gasteiger partial charge in [-0.1, -0.05) is 0 Å². The molecule has 0 atom stereocenters. The Kier molecular flexibility index (Phi) is 3.74. The summed E-state index contributed by atoms with van der Waals surface area (Å²) in [6.45, 7) is 6.33. The van der Waals surface area contributed by atoms with Crippen LogP contribution in [0.15, 0.2) is 0 Å². The highest BCUT2D eigenvalue weighted by molar-refractivity contribution is 6.26. The number of hydrogen-bond acceptors (Lipinski definition) is 3. The average Bonchev–Trinajstić information content (AvgIpc) is 2.15. The van der Waals surface area contributed by atoms with E-state index in [1.807, 2.05) is 20.8 Å². The molecule has 6 heteroatoms. The lowest BCUT2D eigenvalue weighted by molar-refractivity contribution is -0.142. The quantitative estimate of drug-likeness (QED) is 0.692. The predicted octanol–water partition coefficient (Wildman–Crippen LogP) is 0.894. The van der Waals surface area contributed by atoms with Crippen molar-refractivity contribution in [3.63, 3.8) is 0 Å². The van der Waals surface area contributed by atoms with Crippen molar-refractivity contribution in [2.45, 2.75) is 44.5 Å². The number of hydrogen-bond donors (Lipinski definition) is 1. The van der Waals surface area contributed by atoms with Gasteiger partial charge in [-0.25, -0.2) is 4.79 Å². The topological polar surface area (TPSA) is 66.8 Å². The molecular formula is C11H20BNO4. The van der Waals surface area contributed by atoms with Gasteiger partial charge in [-0.05, 0) is 33.6 Å². The van der Waals surface area contributed by atoms with Crippen LogP contribution >= 0.6 is 0 Å². The first kappa shape index (κ1) is 13.9. The van der Waals surface area contributed by atoms with Crippen LogP contribution in [0, 0.1) is 0 Å². The minimum Gasteiger partial charge on any atom is -0.481 e. The van der Waals surface area contributed by atoms with Gasteiger partial charge in [0.05, 0.1) is 0 Å². The third-order valence-corrected chi connectivity index (χ3v) is 3.04. The van der Waals surface area contributed by atoms with E-state index in [-0.39, 0.29) is 6.09 Å². The molecule has 0 saturated carbocycles. The van der Waals surface area contributed by atoms with Gasteiger partial charge in [-0.3, -0.25) is 4.79 Å². The van der Waals surface area contributed by atoms with Gasteiger partial charge in [0.2, 0.25) is 0 Å². The molecule has 0 unspecified atom stereocenters. The van der Waals surface area contributed by atoms with E-state index in [2.05, 4.69) is 0 Å². The molecule has 96 valence electrons. The number of nitrogens with zero attached hydrogens (tertiary/aromatic N) is 1. The summed E-state index contributed by atoms with van der Waals surface area (Å²) in [6.07, 6.45) is 0.591. The smallest absolute Gasteiger partial charge is 0.410 e. The SMILES string of the molecule is BC1(C(=O)O)CCN(C(=O)OC(C)(C)C)CC1. The van der Waals surface area contributed by atoms with Crippen LogP contribution in [0.4, 0.5) is 4.79 Å². The fourth-order valence-electron chi connectivity index (χ4n) is 1.72. The lowest BCUT2D eigenvalue weighted by Gasteiger charge is -2.37. The lowest BCUT2D eigenvalue weighted by Crippen LogP contribution is -2.45. The van der Waals surface area contributed by atoms with Crippen molar-refractivity contribution in [3.05, 3.63) is 0 Å². The van der Waals surface area contributed by atoms with Crippen molar-refractivity contribution >= 4 is 19.9 Å². The van der Waals surface area contributed by atoms with Crippen molar-refractivity contribution in [1.82, 2.24) is 4.90 Å². The Morgan fingerprint density at radius 2 is 1.76 bits per heavy atom. The molecule has 1 saturated heterocycles. The Balaban J connectivity index is 2.53. The number of carbonyl (C=O) groups is 2. The number of carboxylic acid groups (broad SMARTS) is 1.